The van der Waals surface area contributed by atoms with E-state index in [2.05, 4.69) is 48.1 Å². The van der Waals surface area contributed by atoms with Crippen LogP contribution in [0.4, 0.5) is 5.69 Å². The summed E-state index contributed by atoms with van der Waals surface area (Å²) in [6, 6.07) is 19.8. The van der Waals surface area contributed by atoms with E-state index in [0.29, 0.717) is 5.56 Å². The fourth-order valence-electron chi connectivity index (χ4n) is 2.84. The van der Waals surface area contributed by atoms with Gasteiger partial charge in [-0.3, -0.25) is 4.79 Å². The van der Waals surface area contributed by atoms with Gasteiger partial charge in [0, 0.05) is 10.2 Å². The van der Waals surface area contributed by atoms with Gasteiger partial charge in [-0.2, -0.15) is 0 Å². The van der Waals surface area contributed by atoms with Crippen molar-refractivity contribution in [2.75, 3.05) is 5.32 Å². The maximum Gasteiger partial charge on any atom is 0.256 e. The van der Waals surface area contributed by atoms with Gasteiger partial charge in [-0.05, 0) is 49.8 Å². The molecule has 3 aromatic rings. The Balaban J connectivity index is 1.99. The van der Waals surface area contributed by atoms with Crippen molar-refractivity contribution >= 4 is 38.3 Å². The van der Waals surface area contributed by atoms with Crippen molar-refractivity contribution < 1.29 is 4.79 Å². The van der Waals surface area contributed by atoms with E-state index in [4.69, 9.17) is 0 Å². The summed E-state index contributed by atoms with van der Waals surface area (Å²) in [5.41, 5.74) is 2.58. The highest BCUT2D eigenvalue weighted by Gasteiger charge is 2.20. The van der Waals surface area contributed by atoms with Gasteiger partial charge in [0.1, 0.15) is 0 Å². The zero-order valence-electron chi connectivity index (χ0n) is 14.1. The van der Waals surface area contributed by atoms with Gasteiger partial charge in [0.05, 0.1) is 5.56 Å². The highest BCUT2D eigenvalue weighted by molar-refractivity contribution is 9.10. The number of nitrogens with one attached hydrogen (secondary N) is 1. The molecular weight excluding hydrogens is 362 g/mol. The Hall–Kier alpha value is -2.13. The van der Waals surface area contributed by atoms with E-state index in [1.165, 1.54) is 0 Å². The van der Waals surface area contributed by atoms with Crippen LogP contribution in [0, 0.1) is 0 Å². The Morgan fingerprint density at radius 2 is 1.58 bits per heavy atom. The van der Waals surface area contributed by atoms with E-state index >= 15 is 0 Å². The molecule has 0 spiro atoms. The van der Waals surface area contributed by atoms with Crippen LogP contribution in [0.1, 0.15) is 36.7 Å². The second-order valence-electron chi connectivity index (χ2n) is 6.90. The predicted octanol–water partition coefficient (Wildman–Crippen LogP) is 6.15. The van der Waals surface area contributed by atoms with E-state index in [9.17, 15) is 4.79 Å². The Morgan fingerprint density at radius 3 is 2.33 bits per heavy atom. The fourth-order valence-corrected chi connectivity index (χ4v) is 3.52. The molecule has 2 nitrogen and oxygen atoms in total. The van der Waals surface area contributed by atoms with Crippen molar-refractivity contribution in [3.63, 3.8) is 0 Å². The van der Waals surface area contributed by atoms with Gasteiger partial charge >= 0.3 is 0 Å². The third kappa shape index (κ3) is 3.22. The first-order chi connectivity index (χ1) is 11.4. The molecule has 24 heavy (non-hydrogen) atoms. The first-order valence-corrected chi connectivity index (χ1v) is 8.75. The topological polar surface area (TPSA) is 29.1 Å². The van der Waals surface area contributed by atoms with E-state index in [-0.39, 0.29) is 11.3 Å². The SMILES string of the molecule is CC(C)(C)c1ccccc1NC(=O)c1ccc2ccccc2c1Br. The van der Waals surface area contributed by atoms with Gasteiger partial charge in [0.15, 0.2) is 0 Å². The van der Waals surface area contributed by atoms with Crippen molar-refractivity contribution in [2.45, 2.75) is 26.2 Å². The standard InChI is InChI=1S/C21H20BrNO/c1-21(2,3)17-10-6-7-11-18(17)23-20(24)16-13-12-14-8-4-5-9-15(14)19(16)22/h4-13H,1-3H3,(H,23,24). The van der Waals surface area contributed by atoms with Gasteiger partial charge in [-0.15, -0.1) is 0 Å². The zero-order chi connectivity index (χ0) is 17.3. The van der Waals surface area contributed by atoms with Crippen molar-refractivity contribution in [3.05, 3.63) is 76.3 Å². The minimum absolute atomic E-state index is 0.0372. The first kappa shape index (κ1) is 16.7. The maximum absolute atomic E-state index is 12.8. The lowest BCUT2D eigenvalue weighted by molar-refractivity contribution is 0.102. The second-order valence-corrected chi connectivity index (χ2v) is 7.69. The first-order valence-electron chi connectivity index (χ1n) is 7.96. The molecule has 3 rings (SSSR count). The summed E-state index contributed by atoms with van der Waals surface area (Å²) in [4.78, 5) is 12.8. The highest BCUT2D eigenvalue weighted by atomic mass is 79.9. The normalized spacial score (nSPS) is 11.5. The number of amides is 1. The minimum Gasteiger partial charge on any atom is -0.322 e. The summed E-state index contributed by atoms with van der Waals surface area (Å²) in [5.74, 6) is -0.107. The number of carbonyl (C=O) groups is 1. The van der Waals surface area contributed by atoms with Crippen molar-refractivity contribution in [1.29, 1.82) is 0 Å². The number of carbonyl (C=O) groups excluding carboxylic acids is 1. The molecule has 1 amide bonds. The van der Waals surface area contributed by atoms with E-state index < -0.39 is 0 Å². The molecule has 0 fully saturated rings. The molecule has 3 heteroatoms. The predicted molar refractivity (Wildman–Crippen MR) is 105 cm³/mol. The number of fused-ring (bicyclic) bond motifs is 1. The van der Waals surface area contributed by atoms with Crippen LogP contribution in [-0.2, 0) is 5.41 Å². The third-order valence-electron chi connectivity index (χ3n) is 4.09. The highest BCUT2D eigenvalue weighted by Crippen LogP contribution is 2.31. The molecule has 0 saturated heterocycles. The van der Waals surface area contributed by atoms with E-state index in [0.717, 1.165) is 26.5 Å². The van der Waals surface area contributed by atoms with Crippen LogP contribution in [0.25, 0.3) is 10.8 Å². The lowest BCUT2D eigenvalue weighted by atomic mass is 9.86. The van der Waals surface area contributed by atoms with Crippen LogP contribution in [0.15, 0.2) is 65.1 Å². The van der Waals surface area contributed by atoms with Gasteiger partial charge in [0.2, 0.25) is 0 Å². The third-order valence-corrected chi connectivity index (χ3v) is 4.95. The van der Waals surface area contributed by atoms with Gasteiger partial charge < -0.3 is 5.32 Å². The molecule has 3 aromatic carbocycles. The molecule has 0 aromatic heterocycles. The van der Waals surface area contributed by atoms with Gasteiger partial charge in [-0.1, -0.05) is 69.3 Å². The lowest BCUT2D eigenvalue weighted by Gasteiger charge is -2.23. The molecule has 122 valence electrons. The Kier molecular flexibility index (Phi) is 4.46. The fraction of sp³-hybridized carbons (Fsp3) is 0.190. The summed E-state index contributed by atoms with van der Waals surface area (Å²) >= 11 is 3.59. The molecule has 0 saturated carbocycles. The monoisotopic (exact) mass is 381 g/mol. The van der Waals surface area contributed by atoms with Crippen LogP contribution >= 0.6 is 15.9 Å². The van der Waals surface area contributed by atoms with Crippen LogP contribution < -0.4 is 5.32 Å². The average molecular weight is 382 g/mol. The molecule has 1 N–H and O–H groups in total. The largest absolute Gasteiger partial charge is 0.322 e. The van der Waals surface area contributed by atoms with Crippen LogP contribution in [-0.4, -0.2) is 5.91 Å². The van der Waals surface area contributed by atoms with Crippen LogP contribution in [0.5, 0.6) is 0 Å². The summed E-state index contributed by atoms with van der Waals surface area (Å²) in [7, 11) is 0. The summed E-state index contributed by atoms with van der Waals surface area (Å²) < 4.78 is 0.825. The summed E-state index contributed by atoms with van der Waals surface area (Å²) in [6.45, 7) is 6.43. The van der Waals surface area contributed by atoms with Crippen LogP contribution in [0.2, 0.25) is 0 Å². The van der Waals surface area contributed by atoms with Gasteiger partial charge in [0.25, 0.3) is 5.91 Å². The van der Waals surface area contributed by atoms with Crippen molar-refractivity contribution in [2.24, 2.45) is 0 Å². The minimum atomic E-state index is -0.107. The Labute approximate surface area is 151 Å². The molecule has 0 aliphatic rings. The van der Waals surface area contributed by atoms with Crippen molar-refractivity contribution in [1.82, 2.24) is 0 Å². The quantitative estimate of drug-likeness (QED) is 0.566. The number of hydrogen-bond donors (Lipinski definition) is 1. The smallest absolute Gasteiger partial charge is 0.256 e. The van der Waals surface area contributed by atoms with E-state index in [1.54, 1.807) is 0 Å². The Morgan fingerprint density at radius 1 is 0.917 bits per heavy atom. The number of hydrogen-bond acceptors (Lipinski definition) is 1. The molecule has 0 bridgehead atoms. The molecule has 0 heterocycles. The number of para-hydroxylation sites is 1. The molecule has 0 radical (unpaired) electrons. The average Bonchev–Trinajstić information content (AvgIpc) is 2.55. The number of anilines is 1. The molecule has 0 aliphatic carbocycles. The molecule has 0 unspecified atom stereocenters. The number of benzene rings is 3. The Bertz CT molecular complexity index is 909. The molecule has 0 aliphatic heterocycles. The maximum atomic E-state index is 12.8. The van der Waals surface area contributed by atoms with Crippen molar-refractivity contribution in [3.8, 4) is 0 Å². The zero-order valence-corrected chi connectivity index (χ0v) is 15.6. The van der Waals surface area contributed by atoms with Crippen LogP contribution in [0.3, 0.4) is 0 Å². The number of halogens is 1. The molecule has 0 atom stereocenters. The number of rotatable bonds is 2. The van der Waals surface area contributed by atoms with E-state index in [1.807, 2.05) is 54.6 Å². The second kappa shape index (κ2) is 6.40. The lowest BCUT2D eigenvalue weighted by Crippen LogP contribution is -2.19. The summed E-state index contributed by atoms with van der Waals surface area (Å²) in [5, 5.41) is 5.21. The molecular formula is C21H20BrNO. The summed E-state index contributed by atoms with van der Waals surface area (Å²) in [6.07, 6.45) is 0. The van der Waals surface area contributed by atoms with Gasteiger partial charge in [-0.25, -0.2) is 0 Å².